The van der Waals surface area contributed by atoms with Crippen LogP contribution in [0.1, 0.15) is 26.3 Å². The summed E-state index contributed by atoms with van der Waals surface area (Å²) in [6.45, 7) is 4.96. The van der Waals surface area contributed by atoms with Gasteiger partial charge in [-0.25, -0.2) is 4.79 Å². The monoisotopic (exact) mass is 280 g/mol. The van der Waals surface area contributed by atoms with Crippen molar-refractivity contribution < 1.29 is 14.3 Å². The molecule has 0 fully saturated rings. The molecule has 5 nitrogen and oxygen atoms in total. The smallest absolute Gasteiger partial charge is 0.397 e. The van der Waals surface area contributed by atoms with Crippen molar-refractivity contribution in [1.82, 2.24) is 0 Å². The normalized spacial score (nSPS) is 10.5. The summed E-state index contributed by atoms with van der Waals surface area (Å²) in [6.07, 6.45) is 0. The minimum Gasteiger partial charge on any atom is -0.453 e. The molecule has 1 rings (SSSR count). The van der Waals surface area contributed by atoms with Crippen LogP contribution in [-0.2, 0) is 14.3 Å². The molecule has 1 aromatic rings. The van der Waals surface area contributed by atoms with Gasteiger partial charge in [-0.05, 0) is 39.0 Å². The molecule has 0 atom stereocenters. The molecule has 0 saturated heterocycles. The lowest BCUT2D eigenvalue weighted by atomic mass is 10.2. The number of hydrogen-bond acceptors (Lipinski definition) is 4. The molecule has 100 valence electrons. The Labute approximate surface area is 116 Å². The average molecular weight is 281 g/mol. The molecule has 0 spiro atoms. The maximum absolute atomic E-state index is 11.6. The first-order valence-electron chi connectivity index (χ1n) is 5.47. The van der Waals surface area contributed by atoms with Crippen molar-refractivity contribution in [1.29, 1.82) is 5.26 Å². The molecule has 0 radical (unpaired) electrons. The lowest BCUT2D eigenvalue weighted by Crippen LogP contribution is -2.32. The van der Waals surface area contributed by atoms with Crippen LogP contribution in [0.15, 0.2) is 18.2 Å². The summed E-state index contributed by atoms with van der Waals surface area (Å²) >= 11 is 5.86. The maximum Gasteiger partial charge on any atom is 0.397 e. The second-order valence-corrected chi connectivity index (χ2v) is 5.17. The van der Waals surface area contributed by atoms with Crippen molar-refractivity contribution in [3.8, 4) is 6.07 Å². The van der Waals surface area contributed by atoms with Crippen LogP contribution in [0.2, 0.25) is 5.02 Å². The van der Waals surface area contributed by atoms with Gasteiger partial charge < -0.3 is 10.1 Å². The predicted octanol–water partition coefficient (Wildman–Crippen LogP) is 2.49. The number of nitrogens with one attached hydrogen (secondary N) is 1. The quantitative estimate of drug-likeness (QED) is 0.633. The van der Waals surface area contributed by atoms with Crippen LogP contribution < -0.4 is 5.32 Å². The van der Waals surface area contributed by atoms with E-state index in [0.29, 0.717) is 5.56 Å². The van der Waals surface area contributed by atoms with Gasteiger partial charge in [0.15, 0.2) is 0 Å². The van der Waals surface area contributed by atoms with Crippen LogP contribution in [0.3, 0.4) is 0 Å². The second-order valence-electron chi connectivity index (χ2n) is 4.76. The van der Waals surface area contributed by atoms with Crippen LogP contribution in [0, 0.1) is 11.3 Å². The first-order valence-corrected chi connectivity index (χ1v) is 5.85. The molecule has 6 heteroatoms. The summed E-state index contributed by atoms with van der Waals surface area (Å²) in [6, 6.07) is 6.26. The number of carbonyl (C=O) groups is 2. The molecular formula is C13H13ClN2O3. The fourth-order valence-electron chi connectivity index (χ4n) is 1.19. The maximum atomic E-state index is 11.6. The van der Waals surface area contributed by atoms with E-state index in [1.165, 1.54) is 18.2 Å². The molecule has 0 aliphatic heterocycles. The number of amides is 1. The Balaban J connectivity index is 2.83. The number of esters is 1. The van der Waals surface area contributed by atoms with E-state index in [4.69, 9.17) is 21.6 Å². The zero-order chi connectivity index (χ0) is 14.6. The molecular weight excluding hydrogens is 268 g/mol. The minimum absolute atomic E-state index is 0.191. The highest BCUT2D eigenvalue weighted by atomic mass is 35.5. The van der Waals surface area contributed by atoms with E-state index in [2.05, 4.69) is 5.32 Å². The molecule has 0 heterocycles. The van der Waals surface area contributed by atoms with Gasteiger partial charge >= 0.3 is 11.9 Å². The molecule has 0 unspecified atom stereocenters. The van der Waals surface area contributed by atoms with Gasteiger partial charge in [-0.2, -0.15) is 5.26 Å². The zero-order valence-corrected chi connectivity index (χ0v) is 11.5. The third kappa shape index (κ3) is 4.60. The van der Waals surface area contributed by atoms with Gasteiger partial charge in [0, 0.05) is 0 Å². The van der Waals surface area contributed by atoms with Gasteiger partial charge in [-0.1, -0.05) is 11.6 Å². The van der Waals surface area contributed by atoms with Crippen molar-refractivity contribution in [3.63, 3.8) is 0 Å². The van der Waals surface area contributed by atoms with Crippen molar-refractivity contribution in [2.24, 2.45) is 0 Å². The standard InChI is InChI=1S/C13H13ClN2O3/c1-13(2,3)19-12(18)11(17)16-10-6-8(7-15)4-5-9(10)14/h4-6H,1-3H3,(H,16,17). The van der Waals surface area contributed by atoms with Gasteiger partial charge in [0.2, 0.25) is 0 Å². The molecule has 1 aromatic carbocycles. The van der Waals surface area contributed by atoms with Crippen LogP contribution in [0.4, 0.5) is 5.69 Å². The summed E-state index contributed by atoms with van der Waals surface area (Å²) in [5.41, 5.74) is -0.243. The van der Waals surface area contributed by atoms with Crippen molar-refractivity contribution in [2.75, 3.05) is 5.32 Å². The second kappa shape index (κ2) is 5.72. The van der Waals surface area contributed by atoms with Gasteiger partial charge in [0.05, 0.1) is 22.3 Å². The van der Waals surface area contributed by atoms with Crippen molar-refractivity contribution in [2.45, 2.75) is 26.4 Å². The summed E-state index contributed by atoms with van der Waals surface area (Å²) in [4.78, 5) is 23.1. The van der Waals surface area contributed by atoms with Crippen LogP contribution in [-0.4, -0.2) is 17.5 Å². The fourth-order valence-corrected chi connectivity index (χ4v) is 1.35. The van der Waals surface area contributed by atoms with Crippen LogP contribution >= 0.6 is 11.6 Å². The Hall–Kier alpha value is -2.06. The summed E-state index contributed by atoms with van der Waals surface area (Å²) < 4.78 is 4.91. The Morgan fingerprint density at radius 2 is 2.00 bits per heavy atom. The van der Waals surface area contributed by atoms with Crippen molar-refractivity contribution in [3.05, 3.63) is 28.8 Å². The Morgan fingerprint density at radius 1 is 1.37 bits per heavy atom. The molecule has 0 bridgehead atoms. The number of benzene rings is 1. The number of ether oxygens (including phenoxy) is 1. The number of carbonyl (C=O) groups excluding carboxylic acids is 2. The highest BCUT2D eigenvalue weighted by Crippen LogP contribution is 2.22. The van der Waals surface area contributed by atoms with Crippen LogP contribution in [0.25, 0.3) is 0 Å². The number of nitrogens with zero attached hydrogens (tertiary/aromatic N) is 1. The molecule has 0 aromatic heterocycles. The zero-order valence-electron chi connectivity index (χ0n) is 10.8. The van der Waals surface area contributed by atoms with E-state index >= 15 is 0 Å². The first kappa shape index (κ1) is 15.0. The van der Waals surface area contributed by atoms with E-state index < -0.39 is 17.5 Å². The Bertz CT molecular complexity index is 556. The van der Waals surface area contributed by atoms with Gasteiger partial charge in [0.25, 0.3) is 0 Å². The summed E-state index contributed by atoms with van der Waals surface area (Å²) in [5, 5.41) is 11.3. The number of halogens is 1. The highest BCUT2D eigenvalue weighted by molar-refractivity contribution is 6.39. The molecule has 19 heavy (non-hydrogen) atoms. The Kier molecular flexibility index (Phi) is 4.52. The van der Waals surface area contributed by atoms with Gasteiger partial charge in [-0.3, -0.25) is 4.79 Å². The van der Waals surface area contributed by atoms with E-state index in [9.17, 15) is 9.59 Å². The predicted molar refractivity (Wildman–Crippen MR) is 70.6 cm³/mol. The third-order valence-electron chi connectivity index (χ3n) is 1.93. The third-order valence-corrected chi connectivity index (χ3v) is 2.26. The number of rotatable bonds is 1. The summed E-state index contributed by atoms with van der Waals surface area (Å²) in [7, 11) is 0. The molecule has 0 aliphatic rings. The van der Waals surface area contributed by atoms with Crippen LogP contribution in [0.5, 0.6) is 0 Å². The van der Waals surface area contributed by atoms with E-state index in [1.54, 1.807) is 20.8 Å². The summed E-state index contributed by atoms with van der Waals surface area (Å²) in [5.74, 6) is -1.95. The van der Waals surface area contributed by atoms with Gasteiger partial charge in [0.1, 0.15) is 5.60 Å². The lowest BCUT2D eigenvalue weighted by molar-refractivity contribution is -0.161. The largest absolute Gasteiger partial charge is 0.453 e. The van der Waals surface area contributed by atoms with E-state index in [0.717, 1.165) is 0 Å². The fraction of sp³-hybridized carbons (Fsp3) is 0.308. The SMILES string of the molecule is CC(C)(C)OC(=O)C(=O)Nc1cc(C#N)ccc1Cl. The van der Waals surface area contributed by atoms with E-state index in [1.807, 2.05) is 6.07 Å². The molecule has 0 saturated carbocycles. The number of nitriles is 1. The average Bonchev–Trinajstić information content (AvgIpc) is 2.29. The Morgan fingerprint density at radius 3 is 2.53 bits per heavy atom. The molecule has 1 N–H and O–H groups in total. The molecule has 0 aliphatic carbocycles. The highest BCUT2D eigenvalue weighted by Gasteiger charge is 2.23. The van der Waals surface area contributed by atoms with Gasteiger partial charge in [-0.15, -0.1) is 0 Å². The topological polar surface area (TPSA) is 79.2 Å². The first-order chi connectivity index (χ1) is 8.73. The van der Waals surface area contributed by atoms with Crippen molar-refractivity contribution >= 4 is 29.2 Å². The number of hydrogen-bond donors (Lipinski definition) is 1. The lowest BCUT2D eigenvalue weighted by Gasteiger charge is -2.19. The molecule has 1 amide bonds. The minimum atomic E-state index is -1.01. The number of anilines is 1. The van der Waals surface area contributed by atoms with E-state index in [-0.39, 0.29) is 10.7 Å².